The number of anilines is 1. The molecule has 6 heteroatoms. The molecule has 1 atom stereocenters. The zero-order valence-electron chi connectivity index (χ0n) is 11.3. The van der Waals surface area contributed by atoms with Crippen LogP contribution in [-0.2, 0) is 6.18 Å². The normalized spacial score (nSPS) is 18.9. The minimum absolute atomic E-state index is 0.0955. The maximum atomic E-state index is 12.8. The fraction of sp³-hybridized carbons (Fsp3) is 0.357. The average molecular weight is 283 g/mol. The number of halogens is 3. The standard InChI is InChI=1S/C14H16F3N3/c1-8-3-13(7-19-8)20-9(2)10-4-11(14(15,16)17)6-12(18)5-10/h3-6,9,19H,7,18H2,1-2H3/t9-/m1/s1. The van der Waals surface area contributed by atoms with Crippen molar-refractivity contribution in [1.82, 2.24) is 5.32 Å². The molecule has 1 aromatic carbocycles. The molecule has 0 amide bonds. The first-order chi connectivity index (χ1) is 9.25. The number of hydrogen-bond acceptors (Lipinski definition) is 3. The van der Waals surface area contributed by atoms with E-state index < -0.39 is 11.7 Å². The lowest BCUT2D eigenvalue weighted by molar-refractivity contribution is -0.137. The Bertz CT molecular complexity index is 574. The monoisotopic (exact) mass is 283 g/mol. The molecule has 0 unspecified atom stereocenters. The lowest BCUT2D eigenvalue weighted by Crippen LogP contribution is -2.11. The van der Waals surface area contributed by atoms with Gasteiger partial charge in [-0.1, -0.05) is 0 Å². The molecule has 0 bridgehead atoms. The molecule has 0 saturated carbocycles. The van der Waals surface area contributed by atoms with Gasteiger partial charge in [0.25, 0.3) is 0 Å². The Morgan fingerprint density at radius 2 is 2.00 bits per heavy atom. The van der Waals surface area contributed by atoms with Gasteiger partial charge in [-0.2, -0.15) is 13.2 Å². The predicted octanol–water partition coefficient (Wildman–Crippen LogP) is 3.30. The van der Waals surface area contributed by atoms with Crippen molar-refractivity contribution in [3.63, 3.8) is 0 Å². The molecule has 0 radical (unpaired) electrons. The van der Waals surface area contributed by atoms with Crippen LogP contribution in [0.1, 0.15) is 31.0 Å². The molecule has 108 valence electrons. The SMILES string of the molecule is CC1=CC(=N[C@H](C)c2cc(N)cc(C(F)(F)F)c2)CN1. The van der Waals surface area contributed by atoms with Crippen LogP contribution in [0.4, 0.5) is 18.9 Å². The van der Waals surface area contributed by atoms with Crippen LogP contribution in [0, 0.1) is 0 Å². The molecule has 0 aromatic heterocycles. The summed E-state index contributed by atoms with van der Waals surface area (Å²) in [5, 5.41) is 3.10. The second-order valence-corrected chi connectivity index (χ2v) is 4.86. The number of hydrogen-bond donors (Lipinski definition) is 2. The Morgan fingerprint density at radius 3 is 2.55 bits per heavy atom. The second kappa shape index (κ2) is 5.19. The molecule has 3 N–H and O–H groups in total. The second-order valence-electron chi connectivity index (χ2n) is 4.86. The van der Waals surface area contributed by atoms with Gasteiger partial charge in [0.15, 0.2) is 0 Å². The van der Waals surface area contributed by atoms with Gasteiger partial charge in [0, 0.05) is 11.4 Å². The van der Waals surface area contributed by atoms with Gasteiger partial charge in [-0.15, -0.1) is 0 Å². The van der Waals surface area contributed by atoms with Gasteiger partial charge < -0.3 is 11.1 Å². The van der Waals surface area contributed by atoms with Crippen molar-refractivity contribution in [1.29, 1.82) is 0 Å². The highest BCUT2D eigenvalue weighted by Crippen LogP contribution is 2.33. The number of rotatable bonds is 2. The number of alkyl halides is 3. The third kappa shape index (κ3) is 3.31. The van der Waals surface area contributed by atoms with Crippen LogP contribution in [0.2, 0.25) is 0 Å². The number of nitrogen functional groups attached to an aromatic ring is 1. The Balaban J connectivity index is 2.31. The van der Waals surface area contributed by atoms with Crippen molar-refractivity contribution in [3.8, 4) is 0 Å². The van der Waals surface area contributed by atoms with E-state index in [1.165, 1.54) is 6.07 Å². The van der Waals surface area contributed by atoms with E-state index in [2.05, 4.69) is 10.3 Å². The van der Waals surface area contributed by atoms with Gasteiger partial charge in [-0.25, -0.2) is 0 Å². The molecule has 3 nitrogen and oxygen atoms in total. The minimum Gasteiger partial charge on any atom is -0.399 e. The van der Waals surface area contributed by atoms with Crippen LogP contribution < -0.4 is 11.1 Å². The highest BCUT2D eigenvalue weighted by molar-refractivity contribution is 5.99. The summed E-state index contributed by atoms with van der Waals surface area (Å²) in [5.41, 5.74) is 7.19. The van der Waals surface area contributed by atoms with Gasteiger partial charge in [0.05, 0.1) is 23.9 Å². The Kier molecular flexibility index (Phi) is 3.74. The lowest BCUT2D eigenvalue weighted by Gasteiger charge is -2.13. The smallest absolute Gasteiger partial charge is 0.399 e. The van der Waals surface area contributed by atoms with E-state index in [1.54, 1.807) is 6.92 Å². The van der Waals surface area contributed by atoms with E-state index in [0.717, 1.165) is 23.5 Å². The van der Waals surface area contributed by atoms with Crippen LogP contribution in [0.15, 0.2) is 35.0 Å². The molecule has 0 spiro atoms. The molecule has 0 fully saturated rings. The van der Waals surface area contributed by atoms with Crippen LogP contribution in [0.25, 0.3) is 0 Å². The number of nitrogens with zero attached hydrogens (tertiary/aromatic N) is 1. The summed E-state index contributed by atoms with van der Waals surface area (Å²) in [6.07, 6.45) is -2.52. The number of nitrogens with one attached hydrogen (secondary N) is 1. The molecular weight excluding hydrogens is 267 g/mol. The largest absolute Gasteiger partial charge is 0.416 e. The van der Waals surface area contributed by atoms with E-state index in [9.17, 15) is 13.2 Å². The first-order valence-corrected chi connectivity index (χ1v) is 6.22. The number of benzene rings is 1. The summed E-state index contributed by atoms with van der Waals surface area (Å²) in [4.78, 5) is 4.42. The molecule has 1 aliphatic heterocycles. The quantitative estimate of drug-likeness (QED) is 0.818. The molecule has 1 heterocycles. The summed E-state index contributed by atoms with van der Waals surface area (Å²) in [5.74, 6) is 0. The zero-order valence-corrected chi connectivity index (χ0v) is 11.3. The summed E-state index contributed by atoms with van der Waals surface area (Å²) in [7, 11) is 0. The van der Waals surface area contributed by atoms with Gasteiger partial charge in [0.1, 0.15) is 0 Å². The average Bonchev–Trinajstić information content (AvgIpc) is 2.72. The summed E-state index contributed by atoms with van der Waals surface area (Å²) >= 11 is 0. The molecule has 1 aromatic rings. The minimum atomic E-state index is -4.40. The topological polar surface area (TPSA) is 50.4 Å². The lowest BCUT2D eigenvalue weighted by atomic mass is 10.0. The van der Waals surface area contributed by atoms with Crippen LogP contribution in [-0.4, -0.2) is 12.3 Å². The third-order valence-electron chi connectivity index (χ3n) is 3.08. The number of nitrogens with two attached hydrogens (primary N) is 1. The first kappa shape index (κ1) is 14.4. The van der Waals surface area contributed by atoms with Crippen molar-refractivity contribution in [2.24, 2.45) is 4.99 Å². The highest BCUT2D eigenvalue weighted by atomic mass is 19.4. The molecular formula is C14H16F3N3. The van der Waals surface area contributed by atoms with Crippen LogP contribution >= 0.6 is 0 Å². The van der Waals surface area contributed by atoms with E-state index in [1.807, 2.05) is 13.0 Å². The number of aliphatic imine (C=N–C) groups is 1. The Labute approximate surface area is 115 Å². The fourth-order valence-corrected chi connectivity index (χ4v) is 2.07. The van der Waals surface area contributed by atoms with Crippen LogP contribution in [0.5, 0.6) is 0 Å². The predicted molar refractivity (Wildman–Crippen MR) is 73.5 cm³/mol. The van der Waals surface area contributed by atoms with Crippen LogP contribution in [0.3, 0.4) is 0 Å². The van der Waals surface area contributed by atoms with Gasteiger partial charge in [0.2, 0.25) is 0 Å². The van der Waals surface area contributed by atoms with Gasteiger partial charge in [-0.05, 0) is 43.7 Å². The first-order valence-electron chi connectivity index (χ1n) is 6.22. The van der Waals surface area contributed by atoms with Gasteiger partial charge >= 0.3 is 6.18 Å². The molecule has 20 heavy (non-hydrogen) atoms. The molecule has 1 aliphatic rings. The maximum absolute atomic E-state index is 12.8. The van der Waals surface area contributed by atoms with Gasteiger partial charge in [-0.3, -0.25) is 4.99 Å². The number of allylic oxidation sites excluding steroid dienone is 1. The maximum Gasteiger partial charge on any atom is 0.416 e. The third-order valence-corrected chi connectivity index (χ3v) is 3.08. The zero-order chi connectivity index (χ0) is 14.9. The molecule has 2 rings (SSSR count). The van der Waals surface area contributed by atoms with Crippen molar-refractivity contribution < 1.29 is 13.2 Å². The van der Waals surface area contributed by atoms with E-state index >= 15 is 0 Å². The summed E-state index contributed by atoms with van der Waals surface area (Å²) in [6.45, 7) is 4.27. The Hall–Kier alpha value is -1.98. The summed E-state index contributed by atoms with van der Waals surface area (Å²) in [6, 6.07) is 3.19. The van der Waals surface area contributed by atoms with E-state index in [0.29, 0.717) is 12.1 Å². The van der Waals surface area contributed by atoms with Crippen molar-refractivity contribution >= 4 is 11.4 Å². The fourth-order valence-electron chi connectivity index (χ4n) is 2.07. The van der Waals surface area contributed by atoms with E-state index in [4.69, 9.17) is 5.73 Å². The van der Waals surface area contributed by atoms with E-state index in [-0.39, 0.29) is 11.7 Å². The highest BCUT2D eigenvalue weighted by Gasteiger charge is 2.31. The van der Waals surface area contributed by atoms with Crippen molar-refractivity contribution in [3.05, 3.63) is 41.1 Å². The molecule has 0 saturated heterocycles. The summed E-state index contributed by atoms with van der Waals surface area (Å²) < 4.78 is 38.3. The molecule has 0 aliphatic carbocycles. The van der Waals surface area contributed by atoms with Crippen molar-refractivity contribution in [2.45, 2.75) is 26.1 Å². The van der Waals surface area contributed by atoms with Crippen molar-refractivity contribution in [2.75, 3.05) is 12.3 Å². The Morgan fingerprint density at radius 1 is 1.30 bits per heavy atom.